The predicted molar refractivity (Wildman–Crippen MR) is 112 cm³/mol. The van der Waals surface area contributed by atoms with Crippen molar-refractivity contribution in [1.82, 2.24) is 13.7 Å². The first kappa shape index (κ1) is 35.0. The maximum Gasteiger partial charge on any atom is 1.00 e. The molecule has 0 atom stereocenters. The molecule has 19 heteroatoms. The van der Waals surface area contributed by atoms with Crippen LogP contribution in [0.25, 0.3) is 0 Å². The number of halogens is 2. The zero-order valence-corrected chi connectivity index (χ0v) is 26.0. The molecule has 1 aromatic rings. The van der Waals surface area contributed by atoms with E-state index in [4.69, 9.17) is 33.0 Å². The molecule has 0 saturated carbocycles. The van der Waals surface area contributed by atoms with Crippen molar-refractivity contribution in [3.8, 4) is 5.75 Å². The Morgan fingerprint density at radius 1 is 1.16 bits per heavy atom. The summed E-state index contributed by atoms with van der Waals surface area (Å²) < 4.78 is 64.5. The summed E-state index contributed by atoms with van der Waals surface area (Å²) in [6, 6.07) is 2.49. The molecule has 2 amide bonds. The van der Waals surface area contributed by atoms with Crippen molar-refractivity contribution in [1.29, 1.82) is 0 Å². The average Bonchev–Trinajstić information content (AvgIpc) is 2.53. The number of hydrazine groups is 1. The van der Waals surface area contributed by atoms with E-state index in [-0.39, 0.29) is 88.6 Å². The first-order valence-electron chi connectivity index (χ1n) is 7.80. The average molecular weight is 576 g/mol. The molecule has 0 radical (unpaired) electrons. The summed E-state index contributed by atoms with van der Waals surface area (Å²) in [5, 5.41) is 0.0827. The molecule has 0 unspecified atom stereocenters. The fourth-order valence-corrected chi connectivity index (χ4v) is 5.38. The molecular formula is C13H22Cl2N3Na2O9PS2. The number of hydrogen-bond acceptors (Lipinski definition) is 7. The molecule has 176 valence electrons. The normalized spacial score (nSPS) is 11.9. The molecule has 1 aromatic carbocycles. The van der Waals surface area contributed by atoms with Gasteiger partial charge in [0.2, 0.25) is 10.0 Å². The third-order valence-corrected chi connectivity index (χ3v) is 6.35. The summed E-state index contributed by atoms with van der Waals surface area (Å²) in [6.45, 7) is -0.906. The van der Waals surface area contributed by atoms with Gasteiger partial charge in [-0.3, -0.25) is 9.79 Å². The maximum atomic E-state index is 12.8. The summed E-state index contributed by atoms with van der Waals surface area (Å²) in [5.41, 5.74) is 0.0651. The van der Waals surface area contributed by atoms with Crippen molar-refractivity contribution in [2.24, 2.45) is 0 Å². The molecule has 1 rings (SSSR count). The fraction of sp³-hybridized carbons (Fsp3) is 0.462. The number of carbonyl (C=O) groups is 1. The zero-order valence-electron chi connectivity index (χ0n) is 20.0. The summed E-state index contributed by atoms with van der Waals surface area (Å²) in [7, 11) is -12.4. The molecule has 0 bridgehead atoms. The van der Waals surface area contributed by atoms with Crippen molar-refractivity contribution in [3.63, 3.8) is 0 Å². The van der Waals surface area contributed by atoms with Gasteiger partial charge in [0.05, 0.1) is 19.1 Å². The van der Waals surface area contributed by atoms with Crippen LogP contribution in [0.5, 0.6) is 5.75 Å². The number of phosphoric ester groups is 1. The molecule has 0 saturated heterocycles. The van der Waals surface area contributed by atoms with Crippen molar-refractivity contribution in [3.05, 3.63) is 28.8 Å². The van der Waals surface area contributed by atoms with Crippen LogP contribution in [0, 0.1) is 0 Å². The van der Waals surface area contributed by atoms with Gasteiger partial charge >= 0.3 is 73.0 Å². The fourth-order valence-electron chi connectivity index (χ4n) is 2.21. The second-order valence-electron chi connectivity index (χ2n) is 5.98. The molecule has 32 heavy (non-hydrogen) atoms. The van der Waals surface area contributed by atoms with Crippen LogP contribution in [0.1, 0.15) is 8.42 Å². The number of sulfonamides is 2. The van der Waals surface area contributed by atoms with Crippen molar-refractivity contribution < 1.29 is 102 Å². The van der Waals surface area contributed by atoms with Crippen molar-refractivity contribution in [2.75, 3.05) is 32.0 Å². The number of carbonyl (C=O) groups excluding carboxylic acids is 1. The van der Waals surface area contributed by atoms with Crippen LogP contribution < -0.4 is 63.6 Å². The van der Waals surface area contributed by atoms with Crippen molar-refractivity contribution in [2.45, 2.75) is 6.54 Å². The number of phosphoric acid groups is 1. The zero-order chi connectivity index (χ0) is 23.5. The Morgan fingerprint density at radius 2 is 1.69 bits per heavy atom. The molecule has 0 aromatic heterocycles. The molecule has 0 fully saturated rings. The summed E-state index contributed by atoms with van der Waals surface area (Å²) in [5.74, 6) is -0.643. The summed E-state index contributed by atoms with van der Waals surface area (Å²) in [6.07, 6.45) is 1.34. The van der Waals surface area contributed by atoms with Gasteiger partial charge in [0.25, 0.3) is 10.0 Å². The molecule has 0 aliphatic rings. The number of urea groups is 1. The Bertz CT molecular complexity index is 1070. The van der Waals surface area contributed by atoms with E-state index in [1.807, 2.05) is 0 Å². The standard InChI is InChI=1S/C13H20Cl2N3O9PS2.2Na.2H/c1-16(9-10-4-5-11(15)8-12(10)27-28(20,21)22)13(19)18(30(3,25)26)17(7-6-14)29(2,23)24;;;;/h4-5,8H,6-7,9H2,1-3H3,(H2,20,21,22);;;;/q;2*+1;2*-1. The first-order valence-corrected chi connectivity index (χ1v) is 13.9. The molecule has 0 spiro atoms. The summed E-state index contributed by atoms with van der Waals surface area (Å²) >= 11 is 11.3. The molecule has 0 aliphatic heterocycles. The largest absolute Gasteiger partial charge is 1.00 e. The first-order chi connectivity index (χ1) is 13.5. The Balaban J connectivity index is -0.00000112. The van der Waals surface area contributed by atoms with Crippen LogP contribution in [0.3, 0.4) is 0 Å². The van der Waals surface area contributed by atoms with Gasteiger partial charge in [-0.15, -0.1) is 16.0 Å². The maximum absolute atomic E-state index is 12.8. The molecule has 0 heterocycles. The van der Waals surface area contributed by atoms with E-state index in [1.54, 1.807) is 0 Å². The predicted octanol–water partition coefficient (Wildman–Crippen LogP) is -4.73. The number of hydrogen-bond donors (Lipinski definition) is 2. The van der Waals surface area contributed by atoms with E-state index >= 15 is 0 Å². The van der Waals surface area contributed by atoms with Crippen LogP contribution >= 0.6 is 31.0 Å². The SMILES string of the molecule is CN(Cc1ccc(Cl)cc1OP(=O)(O)O)C(=O)N(N(CCCl)S(C)(=O)=O)S(C)(=O)=O.[H-].[H-].[Na+].[Na+]. The van der Waals surface area contributed by atoms with Gasteiger partial charge in [-0.05, 0) is 12.1 Å². The van der Waals surface area contributed by atoms with Crippen LogP contribution in [0.4, 0.5) is 4.79 Å². The number of nitrogens with zero attached hydrogens (tertiary/aromatic N) is 3. The Kier molecular flexibility index (Phi) is 15.1. The van der Waals surface area contributed by atoms with E-state index in [2.05, 4.69) is 4.52 Å². The third kappa shape index (κ3) is 11.1. The second kappa shape index (κ2) is 13.8. The van der Waals surface area contributed by atoms with Crippen LogP contribution in [-0.2, 0) is 31.2 Å². The number of alkyl halides is 1. The van der Waals surface area contributed by atoms with Gasteiger partial charge < -0.3 is 12.3 Å². The Morgan fingerprint density at radius 3 is 2.09 bits per heavy atom. The second-order valence-corrected chi connectivity index (χ2v) is 11.7. The number of amides is 2. The molecule has 2 N–H and O–H groups in total. The minimum Gasteiger partial charge on any atom is -1.00 e. The van der Waals surface area contributed by atoms with Gasteiger partial charge in [-0.2, -0.15) is 0 Å². The van der Waals surface area contributed by atoms with Crippen molar-refractivity contribution >= 4 is 57.1 Å². The minimum atomic E-state index is -4.96. The van der Waals surface area contributed by atoms with Gasteiger partial charge in [-0.1, -0.05) is 22.1 Å². The van der Waals surface area contributed by atoms with Crippen LogP contribution in [0.15, 0.2) is 18.2 Å². The van der Waals surface area contributed by atoms with E-state index < -0.39 is 47.0 Å². The quantitative estimate of drug-likeness (QED) is 0.127. The van der Waals surface area contributed by atoms with E-state index in [9.17, 15) is 26.2 Å². The van der Waals surface area contributed by atoms with Crippen LogP contribution in [-0.4, -0.2) is 78.4 Å². The minimum absolute atomic E-state index is 0. The van der Waals surface area contributed by atoms with Gasteiger partial charge in [-0.25, -0.2) is 26.2 Å². The smallest absolute Gasteiger partial charge is 1.00 e. The number of rotatable bonds is 9. The van der Waals surface area contributed by atoms with E-state index in [1.165, 1.54) is 12.1 Å². The number of benzene rings is 1. The van der Waals surface area contributed by atoms with Crippen LogP contribution in [0.2, 0.25) is 5.02 Å². The van der Waals surface area contributed by atoms with Gasteiger partial charge in [0.15, 0.2) is 0 Å². The van der Waals surface area contributed by atoms with Gasteiger partial charge in [0.1, 0.15) is 5.75 Å². The van der Waals surface area contributed by atoms with E-state index in [0.29, 0.717) is 16.9 Å². The molecular weight excluding hydrogens is 554 g/mol. The molecule has 0 aliphatic carbocycles. The van der Waals surface area contributed by atoms with E-state index in [0.717, 1.165) is 18.0 Å². The third-order valence-electron chi connectivity index (χ3n) is 3.32. The topological polar surface area (TPSA) is 162 Å². The Hall–Kier alpha value is 0.880. The summed E-state index contributed by atoms with van der Waals surface area (Å²) in [4.78, 5) is 31.7. The Labute approximate surface area is 244 Å². The van der Waals surface area contributed by atoms with Gasteiger partial charge in [0, 0.05) is 30.1 Å². The molecule has 12 nitrogen and oxygen atoms in total. The monoisotopic (exact) mass is 575 g/mol.